The van der Waals surface area contributed by atoms with Gasteiger partial charge < -0.3 is 10.1 Å². The van der Waals surface area contributed by atoms with Crippen LogP contribution in [0.15, 0.2) is 11.1 Å². The first kappa shape index (κ1) is 15.6. The lowest BCUT2D eigenvalue weighted by molar-refractivity contribution is 0.0979. The summed E-state index contributed by atoms with van der Waals surface area (Å²) in [6.45, 7) is 5.54. The van der Waals surface area contributed by atoms with Crippen LogP contribution < -0.4 is 5.32 Å². The minimum Gasteiger partial charge on any atom is -0.379 e. The topological polar surface area (TPSA) is 76.5 Å². The lowest BCUT2D eigenvalue weighted by atomic mass is 9.70. The summed E-state index contributed by atoms with van der Waals surface area (Å²) in [7, 11) is -1.76. The molecule has 1 aromatic heterocycles. The fraction of sp³-hybridized carbons (Fsp3) is 0.800. The molecule has 8 heteroatoms. The van der Waals surface area contributed by atoms with Crippen LogP contribution in [0.5, 0.6) is 0 Å². The SMILES string of the molecule is Cc1c(S(=O)(=O)N2CC3(CCNCC3)[C@H]3COC[C@H]32)cnn1C. The maximum Gasteiger partial charge on any atom is 0.246 e. The summed E-state index contributed by atoms with van der Waals surface area (Å²) < 4.78 is 35.5. The molecule has 0 amide bonds. The number of piperidine rings is 1. The van der Waals surface area contributed by atoms with Crippen LogP contribution in [0.3, 0.4) is 0 Å². The summed E-state index contributed by atoms with van der Waals surface area (Å²) in [4.78, 5) is 0.330. The molecule has 23 heavy (non-hydrogen) atoms. The number of ether oxygens (including phenoxy) is 1. The van der Waals surface area contributed by atoms with Gasteiger partial charge in [-0.05, 0) is 38.3 Å². The van der Waals surface area contributed by atoms with Gasteiger partial charge in [0, 0.05) is 19.5 Å². The molecular formula is C15H24N4O3S. The Balaban J connectivity index is 1.73. The Kier molecular flexibility index (Phi) is 3.57. The Labute approximate surface area is 137 Å². The van der Waals surface area contributed by atoms with Gasteiger partial charge in [0.1, 0.15) is 4.90 Å². The van der Waals surface area contributed by atoms with E-state index >= 15 is 0 Å². The van der Waals surface area contributed by atoms with Crippen LogP contribution in [0.2, 0.25) is 0 Å². The number of aryl methyl sites for hydroxylation is 1. The molecule has 3 aliphatic heterocycles. The maximum absolute atomic E-state index is 13.2. The number of fused-ring (bicyclic) bond motifs is 2. The molecule has 1 N–H and O–H groups in total. The molecule has 1 spiro atoms. The molecule has 0 aliphatic carbocycles. The van der Waals surface area contributed by atoms with Crippen molar-refractivity contribution in [3.63, 3.8) is 0 Å². The van der Waals surface area contributed by atoms with Crippen LogP contribution in [0.25, 0.3) is 0 Å². The number of hydrogen-bond acceptors (Lipinski definition) is 5. The van der Waals surface area contributed by atoms with Gasteiger partial charge in [0.25, 0.3) is 0 Å². The van der Waals surface area contributed by atoms with Crippen LogP contribution in [0, 0.1) is 18.3 Å². The maximum atomic E-state index is 13.2. The van der Waals surface area contributed by atoms with Gasteiger partial charge in [-0.25, -0.2) is 8.42 Å². The van der Waals surface area contributed by atoms with E-state index in [4.69, 9.17) is 4.74 Å². The van der Waals surface area contributed by atoms with E-state index in [0.29, 0.717) is 36.3 Å². The molecule has 0 radical (unpaired) electrons. The van der Waals surface area contributed by atoms with E-state index in [0.717, 1.165) is 25.9 Å². The van der Waals surface area contributed by atoms with Crippen LogP contribution in [-0.4, -0.2) is 61.4 Å². The van der Waals surface area contributed by atoms with Crippen molar-refractivity contribution >= 4 is 10.0 Å². The highest BCUT2D eigenvalue weighted by Gasteiger charge is 2.58. The monoisotopic (exact) mass is 340 g/mol. The Morgan fingerprint density at radius 1 is 1.35 bits per heavy atom. The van der Waals surface area contributed by atoms with Crippen molar-refractivity contribution in [1.82, 2.24) is 19.4 Å². The van der Waals surface area contributed by atoms with E-state index < -0.39 is 10.0 Å². The number of rotatable bonds is 2. The van der Waals surface area contributed by atoms with Crippen molar-refractivity contribution in [1.29, 1.82) is 0 Å². The number of nitrogens with one attached hydrogen (secondary N) is 1. The molecule has 128 valence electrons. The smallest absolute Gasteiger partial charge is 0.246 e. The third-order valence-corrected chi connectivity index (χ3v) is 8.03. The fourth-order valence-electron chi connectivity index (χ4n) is 4.53. The highest BCUT2D eigenvalue weighted by Crippen LogP contribution is 2.50. The first-order valence-electron chi connectivity index (χ1n) is 8.25. The molecule has 7 nitrogen and oxygen atoms in total. The van der Waals surface area contributed by atoms with Gasteiger partial charge in [-0.15, -0.1) is 0 Å². The van der Waals surface area contributed by atoms with Crippen LogP contribution in [0.4, 0.5) is 0 Å². The predicted molar refractivity (Wildman–Crippen MR) is 84.5 cm³/mol. The summed E-state index contributed by atoms with van der Waals surface area (Å²) in [5.41, 5.74) is 0.752. The highest BCUT2D eigenvalue weighted by atomic mass is 32.2. The summed E-state index contributed by atoms with van der Waals surface area (Å²) >= 11 is 0. The van der Waals surface area contributed by atoms with Gasteiger partial charge in [0.15, 0.2) is 0 Å². The van der Waals surface area contributed by atoms with Gasteiger partial charge in [-0.3, -0.25) is 4.68 Å². The van der Waals surface area contributed by atoms with Crippen molar-refractivity contribution in [2.45, 2.75) is 30.7 Å². The molecule has 3 saturated heterocycles. The molecule has 3 aliphatic rings. The van der Waals surface area contributed by atoms with Crippen molar-refractivity contribution in [2.75, 3.05) is 32.8 Å². The zero-order chi connectivity index (χ0) is 16.2. The van der Waals surface area contributed by atoms with E-state index in [1.54, 1.807) is 23.0 Å². The van der Waals surface area contributed by atoms with Crippen LogP contribution in [0.1, 0.15) is 18.5 Å². The Bertz CT molecular complexity index is 708. The van der Waals surface area contributed by atoms with E-state index in [2.05, 4.69) is 10.4 Å². The second-order valence-electron chi connectivity index (χ2n) is 7.09. The van der Waals surface area contributed by atoms with Gasteiger partial charge in [-0.1, -0.05) is 0 Å². The molecular weight excluding hydrogens is 316 g/mol. The average molecular weight is 340 g/mol. The standard InChI is InChI=1S/C15H24N4O3S/c1-11-14(7-17-18(11)2)23(20,21)19-10-15(3-5-16-6-4-15)12-8-22-9-13(12)19/h7,12-13,16H,3-6,8-10H2,1-2H3/t12-,13+/m0/s1. The molecule has 0 bridgehead atoms. The number of aromatic nitrogens is 2. The minimum absolute atomic E-state index is 0.0299. The van der Waals surface area contributed by atoms with Gasteiger partial charge in [0.2, 0.25) is 10.0 Å². The third-order valence-electron chi connectivity index (χ3n) is 6.05. The quantitative estimate of drug-likeness (QED) is 0.827. The fourth-order valence-corrected chi connectivity index (χ4v) is 6.46. The number of nitrogens with zero attached hydrogens (tertiary/aromatic N) is 3. The zero-order valence-electron chi connectivity index (χ0n) is 13.7. The highest BCUT2D eigenvalue weighted by molar-refractivity contribution is 7.89. The minimum atomic E-state index is -3.53. The van der Waals surface area contributed by atoms with Crippen molar-refractivity contribution in [3.8, 4) is 0 Å². The number of hydrogen-bond donors (Lipinski definition) is 1. The first-order valence-corrected chi connectivity index (χ1v) is 9.69. The molecule has 0 aromatic carbocycles. The van der Waals surface area contributed by atoms with Gasteiger partial charge >= 0.3 is 0 Å². The largest absolute Gasteiger partial charge is 0.379 e. The number of sulfonamides is 1. The molecule has 3 fully saturated rings. The molecule has 2 atom stereocenters. The van der Waals surface area contributed by atoms with Crippen LogP contribution in [-0.2, 0) is 21.8 Å². The Hall–Kier alpha value is -0.960. The van der Waals surface area contributed by atoms with Gasteiger partial charge in [0.05, 0.1) is 31.1 Å². The molecule has 1 aromatic rings. The molecule has 4 heterocycles. The average Bonchev–Trinajstić information content (AvgIpc) is 3.20. The summed E-state index contributed by atoms with van der Waals surface area (Å²) in [6, 6.07) is -0.0299. The first-order chi connectivity index (χ1) is 11.0. The van der Waals surface area contributed by atoms with Crippen molar-refractivity contribution in [3.05, 3.63) is 11.9 Å². The summed E-state index contributed by atoms with van der Waals surface area (Å²) in [5.74, 6) is 0.316. The van der Waals surface area contributed by atoms with E-state index in [1.807, 2.05) is 0 Å². The van der Waals surface area contributed by atoms with Crippen LogP contribution >= 0.6 is 0 Å². The second-order valence-corrected chi connectivity index (χ2v) is 8.95. The zero-order valence-corrected chi connectivity index (χ0v) is 14.5. The van der Waals surface area contributed by atoms with Gasteiger partial charge in [-0.2, -0.15) is 9.40 Å². The van der Waals surface area contributed by atoms with Crippen molar-refractivity contribution < 1.29 is 13.2 Å². The lowest BCUT2D eigenvalue weighted by Crippen LogP contribution is -2.43. The summed E-state index contributed by atoms with van der Waals surface area (Å²) in [6.07, 6.45) is 3.52. The molecule has 0 saturated carbocycles. The second kappa shape index (κ2) is 5.27. The van der Waals surface area contributed by atoms with Crippen molar-refractivity contribution in [2.24, 2.45) is 18.4 Å². The van der Waals surface area contributed by atoms with E-state index in [1.165, 1.54) is 6.20 Å². The Morgan fingerprint density at radius 2 is 2.09 bits per heavy atom. The van der Waals surface area contributed by atoms with E-state index in [-0.39, 0.29) is 11.5 Å². The third kappa shape index (κ3) is 2.19. The lowest BCUT2D eigenvalue weighted by Gasteiger charge is -2.37. The normalized spacial score (nSPS) is 30.9. The van der Waals surface area contributed by atoms with E-state index in [9.17, 15) is 8.42 Å². The molecule has 0 unspecified atom stereocenters. The Morgan fingerprint density at radius 3 is 2.74 bits per heavy atom. The predicted octanol–water partition coefficient (Wildman–Crippen LogP) is 0.118. The molecule has 4 rings (SSSR count). The summed E-state index contributed by atoms with van der Waals surface area (Å²) in [5, 5.41) is 7.50.